The summed E-state index contributed by atoms with van der Waals surface area (Å²) in [6, 6.07) is 6.60. The number of benzene rings is 1. The van der Waals surface area contributed by atoms with E-state index < -0.39 is 10.0 Å². The third kappa shape index (κ3) is 2.88. The molecule has 20 heavy (non-hydrogen) atoms. The summed E-state index contributed by atoms with van der Waals surface area (Å²) >= 11 is 4.66. The molecule has 0 unspecified atom stereocenters. The van der Waals surface area contributed by atoms with Gasteiger partial charge >= 0.3 is 0 Å². The molecule has 106 valence electrons. The molecule has 8 heteroatoms. The van der Waals surface area contributed by atoms with Gasteiger partial charge in [-0.15, -0.1) is 0 Å². The lowest BCUT2D eigenvalue weighted by Gasteiger charge is -2.09. The molecular weight excluding hydrogens is 362 g/mol. The fraction of sp³-hybridized carbons (Fsp3) is 0.250. The van der Waals surface area contributed by atoms with Gasteiger partial charge in [-0.1, -0.05) is 33.3 Å². The molecule has 1 aromatic carbocycles. The van der Waals surface area contributed by atoms with Crippen molar-refractivity contribution in [1.29, 1.82) is 0 Å². The number of nitrogens with zero attached hydrogens (tertiary/aromatic N) is 1. The highest BCUT2D eigenvalue weighted by Crippen LogP contribution is 2.27. The molecule has 0 fully saturated rings. The first kappa shape index (κ1) is 14.0. The highest BCUT2D eigenvalue weighted by molar-refractivity contribution is 9.10. The number of aromatic nitrogens is 1. The summed E-state index contributed by atoms with van der Waals surface area (Å²) in [6.45, 7) is 1.64. The maximum Gasteiger partial charge on any atom is 0.263 e. The van der Waals surface area contributed by atoms with Crippen LogP contribution >= 0.6 is 27.3 Å². The van der Waals surface area contributed by atoms with E-state index in [4.69, 9.17) is 0 Å². The second-order valence-corrected chi connectivity index (χ2v) is 8.06. The average molecular weight is 374 g/mol. The molecule has 2 heterocycles. The summed E-state index contributed by atoms with van der Waals surface area (Å²) in [6.07, 6.45) is 0.838. The van der Waals surface area contributed by atoms with Crippen molar-refractivity contribution in [3.8, 4) is 0 Å². The van der Waals surface area contributed by atoms with Gasteiger partial charge in [0.1, 0.15) is 0 Å². The quantitative estimate of drug-likeness (QED) is 0.865. The smallest absolute Gasteiger partial charge is 0.263 e. The van der Waals surface area contributed by atoms with Crippen molar-refractivity contribution in [3.05, 3.63) is 39.3 Å². The number of nitrogens with one attached hydrogen (secondary N) is 2. The van der Waals surface area contributed by atoms with Crippen LogP contribution in [0.3, 0.4) is 0 Å². The van der Waals surface area contributed by atoms with Crippen LogP contribution in [0.5, 0.6) is 0 Å². The number of fused-ring (bicyclic) bond motifs is 1. The monoisotopic (exact) mass is 373 g/mol. The molecule has 0 atom stereocenters. The second kappa shape index (κ2) is 5.44. The maximum atomic E-state index is 12.3. The van der Waals surface area contributed by atoms with Gasteiger partial charge in [0.05, 0.1) is 10.6 Å². The lowest BCUT2D eigenvalue weighted by Crippen LogP contribution is -2.22. The molecule has 0 saturated carbocycles. The molecule has 2 N–H and O–H groups in total. The zero-order chi connectivity index (χ0) is 14.2. The Morgan fingerprint density at radius 3 is 3.00 bits per heavy atom. The van der Waals surface area contributed by atoms with Crippen molar-refractivity contribution in [2.45, 2.75) is 17.9 Å². The Labute approximate surface area is 129 Å². The number of anilines is 1. The lowest BCUT2D eigenvalue weighted by molar-refractivity contribution is 0.601. The summed E-state index contributed by atoms with van der Waals surface area (Å²) in [7, 11) is -3.59. The van der Waals surface area contributed by atoms with Crippen molar-refractivity contribution >= 4 is 42.4 Å². The Morgan fingerprint density at radius 1 is 1.40 bits per heavy atom. The predicted molar refractivity (Wildman–Crippen MR) is 82.5 cm³/mol. The zero-order valence-electron chi connectivity index (χ0n) is 10.4. The van der Waals surface area contributed by atoms with E-state index >= 15 is 0 Å². The van der Waals surface area contributed by atoms with Crippen molar-refractivity contribution in [1.82, 2.24) is 10.3 Å². The summed E-state index contributed by atoms with van der Waals surface area (Å²) in [5.41, 5.74) is 0.987. The van der Waals surface area contributed by atoms with E-state index in [2.05, 4.69) is 31.0 Å². The van der Waals surface area contributed by atoms with Crippen molar-refractivity contribution in [3.63, 3.8) is 0 Å². The second-order valence-electron chi connectivity index (χ2n) is 4.38. The normalized spacial score (nSPS) is 14.8. The van der Waals surface area contributed by atoms with Crippen LogP contribution in [0, 0.1) is 0 Å². The maximum absolute atomic E-state index is 12.3. The minimum atomic E-state index is -3.59. The third-order valence-electron chi connectivity index (χ3n) is 2.93. The largest absolute Gasteiger partial charge is 0.311 e. The van der Waals surface area contributed by atoms with E-state index in [9.17, 15) is 8.42 Å². The highest BCUT2D eigenvalue weighted by atomic mass is 79.9. The molecular formula is C12H12BrN3O2S2. The van der Waals surface area contributed by atoms with Crippen molar-refractivity contribution in [2.75, 3.05) is 11.3 Å². The van der Waals surface area contributed by atoms with Crippen molar-refractivity contribution < 1.29 is 8.42 Å². The summed E-state index contributed by atoms with van der Waals surface area (Å²) in [4.78, 5) is 5.68. The van der Waals surface area contributed by atoms with Gasteiger partial charge in [0, 0.05) is 28.9 Å². The molecule has 1 aromatic heterocycles. The van der Waals surface area contributed by atoms with E-state index in [1.54, 1.807) is 24.3 Å². The van der Waals surface area contributed by atoms with E-state index in [0.29, 0.717) is 5.13 Å². The minimum absolute atomic E-state index is 0.221. The van der Waals surface area contributed by atoms with Crippen LogP contribution in [-0.4, -0.2) is 19.9 Å². The Bertz CT molecular complexity index is 719. The van der Waals surface area contributed by atoms with Gasteiger partial charge in [-0.3, -0.25) is 4.72 Å². The zero-order valence-corrected chi connectivity index (χ0v) is 13.6. The Morgan fingerprint density at radius 2 is 2.25 bits per heavy atom. The fourth-order valence-corrected chi connectivity index (χ4v) is 4.79. The van der Waals surface area contributed by atoms with Crippen LogP contribution in [0.15, 0.2) is 33.6 Å². The third-order valence-corrected chi connectivity index (χ3v) is 5.90. The van der Waals surface area contributed by atoms with Gasteiger partial charge in [-0.2, -0.15) is 0 Å². The molecule has 5 nitrogen and oxygen atoms in total. The Kier molecular flexibility index (Phi) is 3.80. The number of hydrogen-bond acceptors (Lipinski definition) is 5. The summed E-state index contributed by atoms with van der Waals surface area (Å²) < 4.78 is 27.8. The molecule has 1 aliphatic rings. The lowest BCUT2D eigenvalue weighted by atomic mass is 10.2. The van der Waals surface area contributed by atoms with Crippen LogP contribution in [0.1, 0.15) is 10.6 Å². The SMILES string of the molecule is O=S(=O)(Nc1nc2c(s1)CNCC2)c1cccc(Br)c1. The highest BCUT2D eigenvalue weighted by Gasteiger charge is 2.20. The van der Waals surface area contributed by atoms with E-state index in [0.717, 1.165) is 34.6 Å². The number of halogens is 1. The number of thiazole rings is 1. The fourth-order valence-electron chi connectivity index (χ4n) is 1.98. The van der Waals surface area contributed by atoms with E-state index in [1.807, 2.05) is 0 Å². The molecule has 3 rings (SSSR count). The standard InChI is InChI=1S/C12H12BrN3O2S2/c13-8-2-1-3-9(6-8)20(17,18)16-12-15-10-4-5-14-7-11(10)19-12/h1-3,6,14H,4-5,7H2,(H,15,16). The van der Waals surface area contributed by atoms with Gasteiger partial charge < -0.3 is 5.32 Å². The summed E-state index contributed by atoms with van der Waals surface area (Å²) in [5, 5.41) is 3.67. The van der Waals surface area contributed by atoms with Gasteiger partial charge in [-0.05, 0) is 18.2 Å². The number of hydrogen-bond donors (Lipinski definition) is 2. The Balaban J connectivity index is 1.88. The first-order chi connectivity index (χ1) is 9.54. The van der Waals surface area contributed by atoms with Gasteiger partial charge in [0.25, 0.3) is 10.0 Å². The molecule has 0 aliphatic carbocycles. The van der Waals surface area contributed by atoms with Crippen LogP contribution in [0.25, 0.3) is 0 Å². The van der Waals surface area contributed by atoms with Crippen LogP contribution < -0.4 is 10.0 Å². The molecule has 0 radical (unpaired) electrons. The molecule has 0 bridgehead atoms. The molecule has 0 saturated heterocycles. The molecule has 0 amide bonds. The number of sulfonamides is 1. The van der Waals surface area contributed by atoms with Gasteiger partial charge in [-0.25, -0.2) is 13.4 Å². The van der Waals surface area contributed by atoms with Crippen LogP contribution in [-0.2, 0) is 23.0 Å². The number of rotatable bonds is 3. The van der Waals surface area contributed by atoms with Gasteiger partial charge in [0.15, 0.2) is 5.13 Å². The first-order valence-electron chi connectivity index (χ1n) is 6.02. The van der Waals surface area contributed by atoms with Crippen molar-refractivity contribution in [2.24, 2.45) is 0 Å². The predicted octanol–water partition coefficient (Wildman–Crippen LogP) is 2.35. The minimum Gasteiger partial charge on any atom is -0.311 e. The van der Waals surface area contributed by atoms with Crippen LogP contribution in [0.2, 0.25) is 0 Å². The van der Waals surface area contributed by atoms with Crippen LogP contribution in [0.4, 0.5) is 5.13 Å². The van der Waals surface area contributed by atoms with E-state index in [-0.39, 0.29) is 4.90 Å². The average Bonchev–Trinajstić information content (AvgIpc) is 2.80. The Hall–Kier alpha value is -0.960. The topological polar surface area (TPSA) is 71.1 Å². The molecule has 0 spiro atoms. The van der Waals surface area contributed by atoms with Gasteiger partial charge in [0.2, 0.25) is 0 Å². The summed E-state index contributed by atoms with van der Waals surface area (Å²) in [5.74, 6) is 0. The van der Waals surface area contributed by atoms with E-state index in [1.165, 1.54) is 11.3 Å². The first-order valence-corrected chi connectivity index (χ1v) is 9.11. The molecule has 1 aliphatic heterocycles. The molecule has 2 aromatic rings.